The van der Waals surface area contributed by atoms with Crippen LogP contribution in [0.3, 0.4) is 0 Å². The third kappa shape index (κ3) is 1.24. The first-order chi connectivity index (χ1) is 6.35. The SMILES string of the molecule is CCc1nc(NC)c2cc[nH]c2n1. The minimum absolute atomic E-state index is 0.851. The zero-order valence-electron chi connectivity index (χ0n) is 7.76. The summed E-state index contributed by atoms with van der Waals surface area (Å²) in [5, 5.41) is 4.10. The number of hydrogen-bond acceptors (Lipinski definition) is 3. The smallest absolute Gasteiger partial charge is 0.143 e. The van der Waals surface area contributed by atoms with E-state index in [-0.39, 0.29) is 0 Å². The van der Waals surface area contributed by atoms with Gasteiger partial charge in [-0.25, -0.2) is 9.97 Å². The van der Waals surface area contributed by atoms with Gasteiger partial charge in [-0.2, -0.15) is 0 Å². The zero-order valence-corrected chi connectivity index (χ0v) is 7.76. The van der Waals surface area contributed by atoms with Crippen LogP contribution in [0.1, 0.15) is 12.7 Å². The molecule has 0 fully saturated rings. The molecule has 0 aliphatic rings. The van der Waals surface area contributed by atoms with Crippen molar-refractivity contribution in [3.8, 4) is 0 Å². The predicted octanol–water partition coefficient (Wildman–Crippen LogP) is 1.56. The minimum atomic E-state index is 0.851. The molecule has 0 aromatic carbocycles. The van der Waals surface area contributed by atoms with Crippen molar-refractivity contribution >= 4 is 16.9 Å². The third-order valence-corrected chi connectivity index (χ3v) is 2.02. The molecule has 68 valence electrons. The van der Waals surface area contributed by atoms with Crippen molar-refractivity contribution in [3.05, 3.63) is 18.1 Å². The van der Waals surface area contributed by atoms with Crippen molar-refractivity contribution < 1.29 is 0 Å². The maximum absolute atomic E-state index is 4.37. The molecule has 0 unspecified atom stereocenters. The first kappa shape index (κ1) is 8.04. The number of rotatable bonds is 2. The Hall–Kier alpha value is -1.58. The molecule has 2 N–H and O–H groups in total. The summed E-state index contributed by atoms with van der Waals surface area (Å²) >= 11 is 0. The van der Waals surface area contributed by atoms with E-state index in [0.29, 0.717) is 0 Å². The van der Waals surface area contributed by atoms with Crippen molar-refractivity contribution in [2.75, 3.05) is 12.4 Å². The third-order valence-electron chi connectivity index (χ3n) is 2.02. The Morgan fingerprint density at radius 3 is 3.00 bits per heavy atom. The van der Waals surface area contributed by atoms with Crippen LogP contribution in [0.2, 0.25) is 0 Å². The summed E-state index contributed by atoms with van der Waals surface area (Å²) < 4.78 is 0. The number of H-pyrrole nitrogens is 1. The highest BCUT2D eigenvalue weighted by molar-refractivity contribution is 5.86. The molecule has 0 aliphatic heterocycles. The van der Waals surface area contributed by atoms with Crippen molar-refractivity contribution in [3.63, 3.8) is 0 Å². The average Bonchev–Trinajstić information content (AvgIpc) is 2.63. The molecule has 0 spiro atoms. The Morgan fingerprint density at radius 1 is 1.46 bits per heavy atom. The van der Waals surface area contributed by atoms with Crippen LogP contribution in [0, 0.1) is 0 Å². The Bertz CT molecular complexity index is 418. The van der Waals surface area contributed by atoms with Gasteiger partial charge in [-0.3, -0.25) is 0 Å². The Kier molecular flexibility index (Phi) is 1.88. The number of aromatic nitrogens is 3. The van der Waals surface area contributed by atoms with Gasteiger partial charge in [0, 0.05) is 19.7 Å². The van der Waals surface area contributed by atoms with Crippen LogP contribution in [0.4, 0.5) is 5.82 Å². The van der Waals surface area contributed by atoms with Gasteiger partial charge in [-0.1, -0.05) is 6.92 Å². The predicted molar refractivity (Wildman–Crippen MR) is 52.8 cm³/mol. The van der Waals surface area contributed by atoms with Crippen molar-refractivity contribution in [1.82, 2.24) is 15.0 Å². The molecule has 0 radical (unpaired) electrons. The Morgan fingerprint density at radius 2 is 2.31 bits per heavy atom. The number of fused-ring (bicyclic) bond motifs is 1. The summed E-state index contributed by atoms with van der Waals surface area (Å²) in [6.07, 6.45) is 2.73. The number of nitrogens with zero attached hydrogens (tertiary/aromatic N) is 2. The molecule has 0 saturated carbocycles. The van der Waals surface area contributed by atoms with E-state index in [4.69, 9.17) is 0 Å². The lowest BCUT2D eigenvalue weighted by Gasteiger charge is -2.02. The molecule has 2 heterocycles. The summed E-state index contributed by atoms with van der Waals surface area (Å²) in [5.74, 6) is 1.75. The fraction of sp³-hybridized carbons (Fsp3) is 0.333. The van der Waals surface area contributed by atoms with Gasteiger partial charge in [0.2, 0.25) is 0 Å². The molecule has 2 aromatic rings. The number of aryl methyl sites for hydroxylation is 1. The zero-order chi connectivity index (χ0) is 9.26. The monoisotopic (exact) mass is 176 g/mol. The van der Waals surface area contributed by atoms with Crippen LogP contribution >= 0.6 is 0 Å². The van der Waals surface area contributed by atoms with Crippen molar-refractivity contribution in [2.24, 2.45) is 0 Å². The van der Waals surface area contributed by atoms with Gasteiger partial charge in [0.05, 0.1) is 5.39 Å². The maximum Gasteiger partial charge on any atom is 0.143 e. The van der Waals surface area contributed by atoms with E-state index < -0.39 is 0 Å². The molecule has 13 heavy (non-hydrogen) atoms. The van der Waals surface area contributed by atoms with Gasteiger partial charge in [-0.05, 0) is 6.07 Å². The van der Waals surface area contributed by atoms with E-state index in [9.17, 15) is 0 Å². The molecule has 2 aromatic heterocycles. The molecule has 0 atom stereocenters. The summed E-state index contributed by atoms with van der Waals surface area (Å²) in [7, 11) is 1.87. The maximum atomic E-state index is 4.37. The first-order valence-electron chi connectivity index (χ1n) is 4.37. The van der Waals surface area contributed by atoms with E-state index in [1.807, 2.05) is 26.2 Å². The van der Waals surface area contributed by atoms with Crippen LogP contribution in [0.5, 0.6) is 0 Å². The topological polar surface area (TPSA) is 53.6 Å². The fourth-order valence-corrected chi connectivity index (χ4v) is 1.34. The molecule has 0 saturated heterocycles. The van der Waals surface area contributed by atoms with Gasteiger partial charge in [0.1, 0.15) is 17.3 Å². The highest BCUT2D eigenvalue weighted by atomic mass is 15.0. The number of nitrogens with one attached hydrogen (secondary N) is 2. The first-order valence-corrected chi connectivity index (χ1v) is 4.37. The Balaban J connectivity index is 2.70. The standard InChI is InChI=1S/C9H12N4/c1-3-7-12-8(10-2)6-4-5-11-9(6)13-7/h4-5H,3H2,1-2H3,(H2,10,11,12,13). The van der Waals surface area contributed by atoms with Crippen molar-refractivity contribution in [2.45, 2.75) is 13.3 Å². The van der Waals surface area contributed by atoms with Crippen LogP contribution < -0.4 is 5.32 Å². The summed E-state index contributed by atoms with van der Waals surface area (Å²) in [6, 6.07) is 1.97. The van der Waals surface area contributed by atoms with Gasteiger partial charge < -0.3 is 10.3 Å². The number of hydrogen-bond donors (Lipinski definition) is 2. The van der Waals surface area contributed by atoms with Gasteiger partial charge in [0.25, 0.3) is 0 Å². The molecule has 0 aliphatic carbocycles. The van der Waals surface area contributed by atoms with Gasteiger partial charge in [0.15, 0.2) is 0 Å². The van der Waals surface area contributed by atoms with E-state index >= 15 is 0 Å². The van der Waals surface area contributed by atoms with Crippen LogP contribution in [0.15, 0.2) is 12.3 Å². The second-order valence-electron chi connectivity index (χ2n) is 2.83. The second-order valence-corrected chi connectivity index (χ2v) is 2.83. The van der Waals surface area contributed by atoms with Gasteiger partial charge >= 0.3 is 0 Å². The minimum Gasteiger partial charge on any atom is -0.372 e. The van der Waals surface area contributed by atoms with Gasteiger partial charge in [-0.15, -0.1) is 0 Å². The number of anilines is 1. The van der Waals surface area contributed by atoms with Crippen molar-refractivity contribution in [1.29, 1.82) is 0 Å². The summed E-state index contributed by atoms with van der Waals surface area (Å²) in [6.45, 7) is 2.05. The lowest BCUT2D eigenvalue weighted by atomic mass is 10.3. The lowest BCUT2D eigenvalue weighted by Crippen LogP contribution is -1.99. The van der Waals surface area contributed by atoms with E-state index in [1.165, 1.54) is 0 Å². The largest absolute Gasteiger partial charge is 0.372 e. The fourth-order valence-electron chi connectivity index (χ4n) is 1.34. The molecule has 0 bridgehead atoms. The van der Waals surface area contributed by atoms with E-state index in [0.717, 1.165) is 29.1 Å². The lowest BCUT2D eigenvalue weighted by molar-refractivity contribution is 0.957. The quantitative estimate of drug-likeness (QED) is 0.730. The second kappa shape index (κ2) is 3.05. The molecular weight excluding hydrogens is 164 g/mol. The molecule has 0 amide bonds. The summed E-state index contributed by atoms with van der Waals surface area (Å²) in [4.78, 5) is 11.8. The average molecular weight is 176 g/mol. The summed E-state index contributed by atoms with van der Waals surface area (Å²) in [5.41, 5.74) is 0.899. The molecular formula is C9H12N4. The van der Waals surface area contributed by atoms with Crippen LogP contribution in [-0.4, -0.2) is 22.0 Å². The molecule has 2 rings (SSSR count). The molecule has 4 nitrogen and oxygen atoms in total. The van der Waals surface area contributed by atoms with Crippen LogP contribution in [0.25, 0.3) is 11.0 Å². The van der Waals surface area contributed by atoms with E-state index in [2.05, 4.69) is 20.3 Å². The normalized spacial score (nSPS) is 10.6. The van der Waals surface area contributed by atoms with E-state index in [1.54, 1.807) is 0 Å². The Labute approximate surface area is 76.4 Å². The molecule has 4 heteroatoms. The van der Waals surface area contributed by atoms with Crippen LogP contribution in [-0.2, 0) is 6.42 Å². The number of aromatic amines is 1. The highest BCUT2D eigenvalue weighted by Crippen LogP contribution is 2.18. The highest BCUT2D eigenvalue weighted by Gasteiger charge is 2.05.